The van der Waals surface area contributed by atoms with Gasteiger partial charge in [-0.15, -0.1) is 0 Å². The van der Waals surface area contributed by atoms with E-state index in [2.05, 4.69) is 36.4 Å². The smallest absolute Gasteiger partial charge is 0.144 e. The quantitative estimate of drug-likeness (QED) is 0.821. The first-order chi connectivity index (χ1) is 8.06. The van der Waals surface area contributed by atoms with Crippen LogP contribution in [-0.4, -0.2) is 5.11 Å². The summed E-state index contributed by atoms with van der Waals surface area (Å²) in [5, 5.41) is 9.43. The Labute approximate surface area is 114 Å². The van der Waals surface area contributed by atoms with Gasteiger partial charge in [0.15, 0.2) is 0 Å². The highest BCUT2D eigenvalue weighted by Crippen LogP contribution is 2.30. The first kappa shape index (κ1) is 12.2. The molecule has 0 spiro atoms. The Balaban J connectivity index is 2.31. The lowest BCUT2D eigenvalue weighted by atomic mass is 10.1. The van der Waals surface area contributed by atoms with Gasteiger partial charge >= 0.3 is 0 Å². The number of hydrogen-bond donors (Lipinski definition) is 1. The van der Waals surface area contributed by atoms with Crippen molar-refractivity contribution in [2.45, 2.75) is 13.8 Å². The maximum Gasteiger partial charge on any atom is 0.144 e. The van der Waals surface area contributed by atoms with E-state index in [-0.39, 0.29) is 5.75 Å². The molecule has 2 nitrogen and oxygen atoms in total. The Morgan fingerprint density at radius 2 is 1.76 bits per heavy atom. The van der Waals surface area contributed by atoms with Crippen LogP contribution in [0.2, 0.25) is 0 Å². The molecule has 0 unspecified atom stereocenters. The van der Waals surface area contributed by atoms with Gasteiger partial charge in [-0.05, 0) is 71.8 Å². The van der Waals surface area contributed by atoms with Crippen molar-refractivity contribution in [2.75, 3.05) is 0 Å². The zero-order valence-electron chi connectivity index (χ0n) is 9.70. The van der Waals surface area contributed by atoms with E-state index in [1.807, 2.05) is 24.3 Å². The number of hydrogen-bond acceptors (Lipinski definition) is 2. The van der Waals surface area contributed by atoms with Crippen molar-refractivity contribution in [1.82, 2.24) is 0 Å². The van der Waals surface area contributed by atoms with E-state index in [0.717, 1.165) is 9.32 Å². The number of halogens is 1. The maximum atomic E-state index is 9.43. The Bertz CT molecular complexity index is 550. The summed E-state index contributed by atoms with van der Waals surface area (Å²) in [6, 6.07) is 11.1. The van der Waals surface area contributed by atoms with Gasteiger partial charge in [-0.1, -0.05) is 6.07 Å². The van der Waals surface area contributed by atoms with Gasteiger partial charge in [-0.3, -0.25) is 0 Å². The standard InChI is InChI=1S/C14H13IO2/c1-9-3-5-12(7-10(9)2)17-14-8-11(16)4-6-13(14)15/h3-8,16H,1-2H3. The molecular weight excluding hydrogens is 327 g/mol. The topological polar surface area (TPSA) is 29.5 Å². The highest BCUT2D eigenvalue weighted by Gasteiger charge is 2.04. The van der Waals surface area contributed by atoms with Crippen LogP contribution in [0.4, 0.5) is 0 Å². The summed E-state index contributed by atoms with van der Waals surface area (Å²) < 4.78 is 6.73. The van der Waals surface area contributed by atoms with Crippen LogP contribution in [0.3, 0.4) is 0 Å². The van der Waals surface area contributed by atoms with E-state index >= 15 is 0 Å². The van der Waals surface area contributed by atoms with Crippen molar-refractivity contribution in [3.05, 3.63) is 51.1 Å². The zero-order valence-corrected chi connectivity index (χ0v) is 11.9. The predicted molar refractivity (Wildman–Crippen MR) is 76.8 cm³/mol. The number of benzene rings is 2. The summed E-state index contributed by atoms with van der Waals surface area (Å²) in [6.07, 6.45) is 0. The van der Waals surface area contributed by atoms with Crippen molar-refractivity contribution in [3.63, 3.8) is 0 Å². The minimum absolute atomic E-state index is 0.212. The fourth-order valence-electron chi connectivity index (χ4n) is 1.47. The summed E-state index contributed by atoms with van der Waals surface area (Å²) in [4.78, 5) is 0. The van der Waals surface area contributed by atoms with Crippen LogP contribution in [0.5, 0.6) is 17.2 Å². The molecule has 88 valence electrons. The third-order valence-corrected chi connectivity index (χ3v) is 3.51. The van der Waals surface area contributed by atoms with Gasteiger partial charge in [0, 0.05) is 6.07 Å². The van der Waals surface area contributed by atoms with Crippen LogP contribution in [0.25, 0.3) is 0 Å². The van der Waals surface area contributed by atoms with Crippen LogP contribution >= 0.6 is 22.6 Å². The summed E-state index contributed by atoms with van der Waals surface area (Å²) in [5.74, 6) is 1.68. The Morgan fingerprint density at radius 3 is 2.47 bits per heavy atom. The number of aryl methyl sites for hydroxylation is 2. The van der Waals surface area contributed by atoms with E-state index in [0.29, 0.717) is 5.75 Å². The molecule has 2 aromatic rings. The lowest BCUT2D eigenvalue weighted by Gasteiger charge is -2.09. The van der Waals surface area contributed by atoms with Crippen molar-refractivity contribution < 1.29 is 9.84 Å². The first-order valence-electron chi connectivity index (χ1n) is 5.30. The zero-order chi connectivity index (χ0) is 12.4. The third kappa shape index (κ3) is 2.91. The van der Waals surface area contributed by atoms with E-state index < -0.39 is 0 Å². The monoisotopic (exact) mass is 340 g/mol. The molecule has 17 heavy (non-hydrogen) atoms. The molecule has 0 amide bonds. The Hall–Kier alpha value is -1.23. The van der Waals surface area contributed by atoms with Gasteiger partial charge in [0.2, 0.25) is 0 Å². The van der Waals surface area contributed by atoms with Crippen molar-refractivity contribution in [3.8, 4) is 17.2 Å². The molecule has 0 aliphatic rings. The fourth-order valence-corrected chi connectivity index (χ4v) is 1.92. The Morgan fingerprint density at radius 1 is 1.00 bits per heavy atom. The third-order valence-electron chi connectivity index (χ3n) is 2.62. The van der Waals surface area contributed by atoms with E-state index in [1.165, 1.54) is 11.1 Å². The predicted octanol–water partition coefficient (Wildman–Crippen LogP) is 4.41. The molecule has 3 heteroatoms. The van der Waals surface area contributed by atoms with Crippen molar-refractivity contribution in [1.29, 1.82) is 0 Å². The van der Waals surface area contributed by atoms with Crippen molar-refractivity contribution in [2.24, 2.45) is 0 Å². The molecule has 0 radical (unpaired) electrons. The van der Waals surface area contributed by atoms with Gasteiger partial charge in [-0.25, -0.2) is 0 Å². The molecule has 0 aromatic heterocycles. The molecule has 0 aliphatic carbocycles. The molecule has 2 aromatic carbocycles. The molecule has 2 rings (SSSR count). The van der Waals surface area contributed by atoms with E-state index in [9.17, 15) is 5.11 Å². The van der Waals surface area contributed by atoms with Crippen LogP contribution in [0.1, 0.15) is 11.1 Å². The first-order valence-corrected chi connectivity index (χ1v) is 6.38. The normalized spacial score (nSPS) is 10.3. The summed E-state index contributed by atoms with van der Waals surface area (Å²) in [6.45, 7) is 4.12. The van der Waals surface area contributed by atoms with Crippen LogP contribution in [0.15, 0.2) is 36.4 Å². The van der Waals surface area contributed by atoms with E-state index in [4.69, 9.17) is 4.74 Å². The maximum absolute atomic E-state index is 9.43. The van der Waals surface area contributed by atoms with Gasteiger partial charge < -0.3 is 9.84 Å². The largest absolute Gasteiger partial charge is 0.508 e. The minimum Gasteiger partial charge on any atom is -0.508 e. The number of phenolic OH excluding ortho intramolecular Hbond substituents is 1. The summed E-state index contributed by atoms with van der Waals surface area (Å²) in [7, 11) is 0. The Kier molecular flexibility index (Phi) is 3.57. The average molecular weight is 340 g/mol. The van der Waals surface area contributed by atoms with Crippen molar-refractivity contribution >= 4 is 22.6 Å². The fraction of sp³-hybridized carbons (Fsp3) is 0.143. The summed E-state index contributed by atoms with van der Waals surface area (Å²) >= 11 is 2.18. The SMILES string of the molecule is Cc1ccc(Oc2cc(O)ccc2I)cc1C. The number of rotatable bonds is 2. The lowest BCUT2D eigenvalue weighted by Crippen LogP contribution is -1.89. The molecule has 0 bridgehead atoms. The molecule has 0 aliphatic heterocycles. The molecule has 0 atom stereocenters. The molecule has 0 saturated carbocycles. The number of phenols is 1. The second kappa shape index (κ2) is 4.96. The van der Waals surface area contributed by atoms with Crippen LogP contribution < -0.4 is 4.74 Å². The van der Waals surface area contributed by atoms with E-state index in [1.54, 1.807) is 12.1 Å². The molecule has 0 saturated heterocycles. The highest BCUT2D eigenvalue weighted by atomic mass is 127. The van der Waals surface area contributed by atoms with Gasteiger partial charge in [0.1, 0.15) is 17.2 Å². The van der Waals surface area contributed by atoms with Gasteiger partial charge in [-0.2, -0.15) is 0 Å². The highest BCUT2D eigenvalue weighted by molar-refractivity contribution is 14.1. The van der Waals surface area contributed by atoms with Crippen LogP contribution in [0, 0.1) is 17.4 Å². The molecule has 1 N–H and O–H groups in total. The average Bonchev–Trinajstić information content (AvgIpc) is 2.29. The number of aromatic hydroxyl groups is 1. The minimum atomic E-state index is 0.212. The lowest BCUT2D eigenvalue weighted by molar-refractivity contribution is 0.453. The van der Waals surface area contributed by atoms with Gasteiger partial charge in [0.05, 0.1) is 3.57 Å². The molecule has 0 fully saturated rings. The molecular formula is C14H13IO2. The molecule has 0 heterocycles. The second-order valence-corrected chi connectivity index (χ2v) is 5.13. The summed E-state index contributed by atoms with van der Waals surface area (Å²) in [5.41, 5.74) is 2.43. The number of ether oxygens (including phenoxy) is 1. The second-order valence-electron chi connectivity index (χ2n) is 3.96. The van der Waals surface area contributed by atoms with Crippen LogP contribution in [-0.2, 0) is 0 Å². The van der Waals surface area contributed by atoms with Gasteiger partial charge in [0.25, 0.3) is 0 Å².